The molecule has 0 spiro atoms. The lowest BCUT2D eigenvalue weighted by atomic mass is 9.92. The van der Waals surface area contributed by atoms with Crippen LogP contribution >= 0.6 is 0 Å². The van der Waals surface area contributed by atoms with E-state index in [0.717, 1.165) is 31.2 Å². The fraction of sp³-hybridized carbons (Fsp3) is 0.542. The van der Waals surface area contributed by atoms with Crippen LogP contribution in [-0.4, -0.2) is 43.7 Å². The molecule has 3 aliphatic rings. The number of hydrogen-bond donors (Lipinski definition) is 1. The standard InChI is InChI=1S/C24H29N3O3/c28-23-22(24(29)30)25-20-10-6-7-11-21(20)27(23)19-14-17-12-13-18(15-19)26(17)16-8-4-2-1-3-5-9-16/h4,6-8,10-11,16-19H,1-3,5,9,12-15H2,(H,29,30)/t16?,17-,18+,19?. The zero-order valence-corrected chi connectivity index (χ0v) is 17.2. The summed E-state index contributed by atoms with van der Waals surface area (Å²) in [5.41, 5.74) is 0.486. The monoisotopic (exact) mass is 407 g/mol. The van der Waals surface area contributed by atoms with E-state index in [9.17, 15) is 14.7 Å². The minimum Gasteiger partial charge on any atom is -0.476 e. The summed E-state index contributed by atoms with van der Waals surface area (Å²) < 4.78 is 1.74. The van der Waals surface area contributed by atoms with Crippen molar-refractivity contribution in [1.29, 1.82) is 0 Å². The van der Waals surface area contributed by atoms with Gasteiger partial charge in [-0.1, -0.05) is 37.1 Å². The Morgan fingerprint density at radius 3 is 2.53 bits per heavy atom. The number of aromatic carboxylic acids is 1. The van der Waals surface area contributed by atoms with Crippen molar-refractivity contribution in [2.45, 2.75) is 82.0 Å². The minimum atomic E-state index is -1.25. The van der Waals surface area contributed by atoms with E-state index >= 15 is 0 Å². The van der Waals surface area contributed by atoms with E-state index in [-0.39, 0.29) is 11.7 Å². The van der Waals surface area contributed by atoms with Gasteiger partial charge in [-0.3, -0.25) is 9.69 Å². The predicted molar refractivity (Wildman–Crippen MR) is 116 cm³/mol. The van der Waals surface area contributed by atoms with Gasteiger partial charge in [0.25, 0.3) is 5.56 Å². The summed E-state index contributed by atoms with van der Waals surface area (Å²) in [6, 6.07) is 8.85. The number of piperidine rings is 1. The van der Waals surface area contributed by atoms with Gasteiger partial charge in [0.1, 0.15) is 0 Å². The van der Waals surface area contributed by atoms with Gasteiger partial charge in [0.15, 0.2) is 0 Å². The number of benzene rings is 1. The lowest BCUT2D eigenvalue weighted by molar-refractivity contribution is 0.0680. The van der Waals surface area contributed by atoms with Crippen LogP contribution in [0.3, 0.4) is 0 Å². The topological polar surface area (TPSA) is 75.4 Å². The number of carboxylic acid groups (broad SMARTS) is 1. The molecule has 2 aliphatic heterocycles. The van der Waals surface area contributed by atoms with Gasteiger partial charge in [-0.2, -0.15) is 0 Å². The number of fused-ring (bicyclic) bond motifs is 3. The second-order valence-corrected chi connectivity index (χ2v) is 9.02. The predicted octanol–water partition coefficient (Wildman–Crippen LogP) is 4.15. The van der Waals surface area contributed by atoms with E-state index in [1.165, 1.54) is 32.1 Å². The number of allylic oxidation sites excluding steroid dienone is 1. The molecule has 0 amide bonds. The Labute approximate surface area is 176 Å². The highest BCUT2D eigenvalue weighted by molar-refractivity contribution is 5.88. The molecule has 1 N–H and O–H groups in total. The highest BCUT2D eigenvalue weighted by Gasteiger charge is 2.44. The normalized spacial score (nSPS) is 29.6. The van der Waals surface area contributed by atoms with Gasteiger partial charge in [0, 0.05) is 24.2 Å². The van der Waals surface area contributed by atoms with E-state index < -0.39 is 11.5 Å². The van der Waals surface area contributed by atoms with E-state index in [2.05, 4.69) is 22.0 Å². The van der Waals surface area contributed by atoms with Gasteiger partial charge in [0.2, 0.25) is 5.69 Å². The van der Waals surface area contributed by atoms with Gasteiger partial charge in [-0.15, -0.1) is 0 Å². The van der Waals surface area contributed by atoms with Gasteiger partial charge >= 0.3 is 5.97 Å². The molecule has 1 aromatic heterocycles. The van der Waals surface area contributed by atoms with Crippen molar-refractivity contribution >= 4 is 17.0 Å². The molecule has 3 heterocycles. The first-order chi connectivity index (χ1) is 14.6. The number of carboxylic acids is 1. The summed E-state index contributed by atoms with van der Waals surface area (Å²) in [5.74, 6) is -1.25. The molecule has 6 heteroatoms. The van der Waals surface area contributed by atoms with Crippen molar-refractivity contribution in [3.8, 4) is 0 Å². The number of hydrogen-bond acceptors (Lipinski definition) is 4. The molecule has 1 aromatic carbocycles. The van der Waals surface area contributed by atoms with Crippen LogP contribution in [0.5, 0.6) is 0 Å². The van der Waals surface area contributed by atoms with Gasteiger partial charge < -0.3 is 9.67 Å². The molecule has 0 radical (unpaired) electrons. The van der Waals surface area contributed by atoms with Crippen LogP contribution < -0.4 is 5.56 Å². The maximum Gasteiger partial charge on any atom is 0.360 e. The van der Waals surface area contributed by atoms with Crippen LogP contribution in [0.15, 0.2) is 41.2 Å². The summed E-state index contributed by atoms with van der Waals surface area (Å²) in [6.45, 7) is 0. The molecule has 158 valence electrons. The van der Waals surface area contributed by atoms with Crippen LogP contribution in [0.25, 0.3) is 11.0 Å². The molecular weight excluding hydrogens is 378 g/mol. The van der Waals surface area contributed by atoms with Gasteiger partial charge in [-0.05, 0) is 57.1 Å². The molecule has 5 rings (SSSR count). The number of carbonyl (C=O) groups is 1. The SMILES string of the molecule is O=C(O)c1nc2ccccc2n(C2C[C@H]3CC[C@@H](C2)N3C2C=CCCCCC2)c1=O. The van der Waals surface area contributed by atoms with Crippen LogP contribution in [-0.2, 0) is 0 Å². The van der Waals surface area contributed by atoms with E-state index in [4.69, 9.17) is 0 Å². The van der Waals surface area contributed by atoms with E-state index in [0.29, 0.717) is 23.6 Å². The molecule has 30 heavy (non-hydrogen) atoms. The zero-order valence-electron chi connectivity index (χ0n) is 17.2. The lowest BCUT2D eigenvalue weighted by Gasteiger charge is -2.43. The quantitative estimate of drug-likeness (QED) is 0.774. The van der Waals surface area contributed by atoms with Gasteiger partial charge in [0.05, 0.1) is 11.0 Å². The molecule has 2 bridgehead atoms. The molecule has 2 aromatic rings. The van der Waals surface area contributed by atoms with E-state index in [1.807, 2.05) is 18.2 Å². The highest BCUT2D eigenvalue weighted by Crippen LogP contribution is 2.43. The van der Waals surface area contributed by atoms with Crippen LogP contribution in [0, 0.1) is 0 Å². The number of para-hydroxylation sites is 2. The zero-order chi connectivity index (χ0) is 20.7. The third-order valence-electron chi connectivity index (χ3n) is 7.24. The maximum absolute atomic E-state index is 13.1. The van der Waals surface area contributed by atoms with Crippen molar-refractivity contribution in [2.24, 2.45) is 0 Å². The second-order valence-electron chi connectivity index (χ2n) is 9.02. The first-order valence-electron chi connectivity index (χ1n) is 11.3. The fourth-order valence-corrected chi connectivity index (χ4v) is 5.98. The molecule has 2 saturated heterocycles. The van der Waals surface area contributed by atoms with Crippen molar-refractivity contribution in [3.05, 3.63) is 52.5 Å². The molecule has 1 aliphatic carbocycles. The molecule has 6 nitrogen and oxygen atoms in total. The smallest absolute Gasteiger partial charge is 0.360 e. The summed E-state index contributed by atoms with van der Waals surface area (Å²) in [5, 5.41) is 9.53. The number of rotatable bonds is 3. The van der Waals surface area contributed by atoms with Crippen LogP contribution in [0.1, 0.15) is 74.3 Å². The Bertz CT molecular complexity index is 1030. The Morgan fingerprint density at radius 2 is 1.77 bits per heavy atom. The third kappa shape index (κ3) is 3.37. The molecule has 0 saturated carbocycles. The number of aromatic nitrogens is 2. The average molecular weight is 408 g/mol. The van der Waals surface area contributed by atoms with Crippen molar-refractivity contribution in [2.75, 3.05) is 0 Å². The molecule has 2 fully saturated rings. The minimum absolute atomic E-state index is 0.0229. The lowest BCUT2D eigenvalue weighted by Crippen LogP contribution is -2.49. The first-order valence-corrected chi connectivity index (χ1v) is 11.3. The summed E-state index contributed by atoms with van der Waals surface area (Å²) in [7, 11) is 0. The van der Waals surface area contributed by atoms with Gasteiger partial charge in [-0.25, -0.2) is 9.78 Å². The maximum atomic E-state index is 13.1. The Balaban J connectivity index is 1.50. The van der Waals surface area contributed by atoms with E-state index in [1.54, 1.807) is 10.6 Å². The number of nitrogens with zero attached hydrogens (tertiary/aromatic N) is 3. The third-order valence-corrected chi connectivity index (χ3v) is 7.24. The summed E-state index contributed by atoms with van der Waals surface area (Å²) >= 11 is 0. The Morgan fingerprint density at radius 1 is 1.00 bits per heavy atom. The average Bonchev–Trinajstić information content (AvgIpc) is 2.96. The van der Waals surface area contributed by atoms with Crippen LogP contribution in [0.4, 0.5) is 0 Å². The Kier molecular flexibility index (Phi) is 5.19. The largest absolute Gasteiger partial charge is 0.476 e. The summed E-state index contributed by atoms with van der Waals surface area (Å²) in [4.78, 5) is 31.6. The summed E-state index contributed by atoms with van der Waals surface area (Å²) in [6.07, 6.45) is 15.2. The van der Waals surface area contributed by atoms with Crippen LogP contribution in [0.2, 0.25) is 0 Å². The molecular formula is C24H29N3O3. The Hall–Kier alpha value is -2.47. The van der Waals surface area contributed by atoms with Crippen molar-refractivity contribution < 1.29 is 9.90 Å². The van der Waals surface area contributed by atoms with Crippen molar-refractivity contribution in [1.82, 2.24) is 14.5 Å². The fourth-order valence-electron chi connectivity index (χ4n) is 5.98. The first kappa shape index (κ1) is 19.5. The highest BCUT2D eigenvalue weighted by atomic mass is 16.4. The molecule has 2 unspecified atom stereocenters. The second kappa shape index (κ2) is 7.99. The van der Waals surface area contributed by atoms with Crippen molar-refractivity contribution in [3.63, 3.8) is 0 Å². The molecule has 4 atom stereocenters.